The summed E-state index contributed by atoms with van der Waals surface area (Å²) < 4.78 is 37.9. The molecule has 0 nitrogen and oxygen atoms in total. The first-order valence-electron chi connectivity index (χ1n) is 6.98. The molecule has 1 aromatic rings. The molecule has 0 saturated carbocycles. The van der Waals surface area contributed by atoms with E-state index in [0.717, 1.165) is 12.0 Å². The minimum atomic E-state index is -4.26. The summed E-state index contributed by atoms with van der Waals surface area (Å²) in [5, 5.41) is 0. The number of hydrogen-bond acceptors (Lipinski definition) is 0. The van der Waals surface area contributed by atoms with Crippen molar-refractivity contribution in [3.63, 3.8) is 0 Å². The highest BCUT2D eigenvalue weighted by Gasteiger charge is 2.33. The normalized spacial score (nSPS) is 15.2. The maximum atomic E-state index is 12.6. The van der Waals surface area contributed by atoms with Gasteiger partial charge in [-0.05, 0) is 40.9 Å². The number of benzene rings is 1. The molecule has 0 aromatic heterocycles. The van der Waals surface area contributed by atoms with Gasteiger partial charge in [-0.15, -0.1) is 0 Å². The zero-order chi connectivity index (χ0) is 15.8. The zero-order valence-electron chi connectivity index (χ0n) is 13.2. The quantitative estimate of drug-likeness (QED) is 0.601. The molecular weight excluding hydrogens is 261 g/mol. The fourth-order valence-electron chi connectivity index (χ4n) is 2.44. The van der Waals surface area contributed by atoms with Gasteiger partial charge < -0.3 is 0 Å². The summed E-state index contributed by atoms with van der Waals surface area (Å²) >= 11 is 0. The summed E-state index contributed by atoms with van der Waals surface area (Å²) in [6.07, 6.45) is -3.32. The van der Waals surface area contributed by atoms with E-state index in [1.807, 2.05) is 0 Å². The third kappa shape index (κ3) is 4.84. The van der Waals surface area contributed by atoms with Crippen LogP contribution in [0, 0.1) is 10.8 Å². The van der Waals surface area contributed by atoms with Gasteiger partial charge in [0.25, 0.3) is 0 Å². The van der Waals surface area contributed by atoms with Crippen molar-refractivity contribution >= 4 is 0 Å². The Kier molecular flexibility index (Phi) is 4.62. The third-order valence-electron chi connectivity index (χ3n) is 3.50. The van der Waals surface area contributed by atoms with Crippen molar-refractivity contribution in [3.05, 3.63) is 35.4 Å². The lowest BCUT2D eigenvalue weighted by Crippen LogP contribution is -2.24. The molecule has 0 aliphatic heterocycles. The summed E-state index contributed by atoms with van der Waals surface area (Å²) in [6, 6.07) is 5.64. The fraction of sp³-hybridized carbons (Fsp3) is 0.647. The van der Waals surface area contributed by atoms with Crippen LogP contribution in [0.5, 0.6) is 0 Å². The second kappa shape index (κ2) is 5.42. The molecular formula is C17H25F3. The van der Waals surface area contributed by atoms with Crippen molar-refractivity contribution in [2.24, 2.45) is 10.8 Å². The minimum absolute atomic E-state index is 0.0209. The van der Waals surface area contributed by atoms with Gasteiger partial charge in [-0.1, -0.05) is 53.7 Å². The molecule has 0 bridgehead atoms. The fourth-order valence-corrected chi connectivity index (χ4v) is 2.44. The van der Waals surface area contributed by atoms with Gasteiger partial charge in [-0.25, -0.2) is 0 Å². The Balaban J connectivity index is 3.10. The molecule has 0 saturated heterocycles. The van der Waals surface area contributed by atoms with Gasteiger partial charge in [-0.2, -0.15) is 13.2 Å². The summed E-state index contributed by atoms with van der Waals surface area (Å²) in [7, 11) is 0. The molecule has 1 rings (SSSR count). The van der Waals surface area contributed by atoms with E-state index in [-0.39, 0.29) is 16.7 Å². The Morgan fingerprint density at radius 3 is 1.60 bits per heavy atom. The maximum absolute atomic E-state index is 12.6. The van der Waals surface area contributed by atoms with Crippen LogP contribution in [-0.4, -0.2) is 0 Å². The lowest BCUT2D eigenvalue weighted by molar-refractivity contribution is -0.137. The number of alkyl halides is 3. The molecule has 114 valence electrons. The van der Waals surface area contributed by atoms with Crippen LogP contribution < -0.4 is 0 Å². The Bertz CT molecular complexity index is 427. The van der Waals surface area contributed by atoms with Crippen LogP contribution in [0.1, 0.15) is 65.0 Å². The molecule has 0 heterocycles. The highest BCUT2D eigenvalue weighted by atomic mass is 19.4. The molecule has 0 fully saturated rings. The van der Waals surface area contributed by atoms with Crippen LogP contribution in [0.15, 0.2) is 24.3 Å². The second-order valence-corrected chi connectivity index (χ2v) is 7.80. The number of halogens is 3. The van der Waals surface area contributed by atoms with E-state index in [9.17, 15) is 13.2 Å². The minimum Gasteiger partial charge on any atom is -0.166 e. The largest absolute Gasteiger partial charge is 0.416 e. The van der Waals surface area contributed by atoms with Crippen LogP contribution in [0.4, 0.5) is 13.2 Å². The maximum Gasteiger partial charge on any atom is 0.416 e. The van der Waals surface area contributed by atoms with E-state index in [1.54, 1.807) is 12.1 Å². The zero-order valence-corrected chi connectivity index (χ0v) is 13.2. The number of hydrogen-bond donors (Lipinski definition) is 0. The van der Waals surface area contributed by atoms with Crippen LogP contribution in [0.3, 0.4) is 0 Å². The van der Waals surface area contributed by atoms with Gasteiger partial charge in [0.1, 0.15) is 0 Å². The molecule has 0 aliphatic carbocycles. The van der Waals surface area contributed by atoms with Crippen LogP contribution in [0.25, 0.3) is 0 Å². The molecule has 1 aromatic carbocycles. The van der Waals surface area contributed by atoms with Gasteiger partial charge >= 0.3 is 6.18 Å². The third-order valence-corrected chi connectivity index (χ3v) is 3.50. The average molecular weight is 286 g/mol. The molecule has 0 aliphatic rings. The first kappa shape index (κ1) is 17.1. The van der Waals surface area contributed by atoms with Crippen molar-refractivity contribution in [1.29, 1.82) is 0 Å². The standard InChI is InChI=1S/C17H25F3/c1-15(2,3)11-14(16(4,5)6)12-7-9-13(10-8-12)17(18,19)20/h7-10,14H,11H2,1-6H3. The highest BCUT2D eigenvalue weighted by molar-refractivity contribution is 5.28. The Morgan fingerprint density at radius 2 is 1.30 bits per heavy atom. The van der Waals surface area contributed by atoms with Crippen molar-refractivity contribution in [2.45, 2.75) is 60.1 Å². The van der Waals surface area contributed by atoms with Gasteiger partial charge in [0.15, 0.2) is 0 Å². The summed E-state index contributed by atoms with van der Waals surface area (Å²) in [6.45, 7) is 12.9. The van der Waals surface area contributed by atoms with E-state index in [2.05, 4.69) is 41.5 Å². The van der Waals surface area contributed by atoms with Crippen LogP contribution >= 0.6 is 0 Å². The van der Waals surface area contributed by atoms with E-state index >= 15 is 0 Å². The van der Waals surface area contributed by atoms with Crippen molar-refractivity contribution in [2.75, 3.05) is 0 Å². The molecule has 0 radical (unpaired) electrons. The van der Waals surface area contributed by atoms with Crippen molar-refractivity contribution in [3.8, 4) is 0 Å². The van der Waals surface area contributed by atoms with Gasteiger partial charge in [0, 0.05) is 0 Å². The monoisotopic (exact) mass is 286 g/mol. The van der Waals surface area contributed by atoms with Gasteiger partial charge in [-0.3, -0.25) is 0 Å². The van der Waals surface area contributed by atoms with Crippen LogP contribution in [-0.2, 0) is 6.18 Å². The summed E-state index contributed by atoms with van der Waals surface area (Å²) in [5.41, 5.74) is 0.568. The lowest BCUT2D eigenvalue weighted by Gasteiger charge is -2.36. The van der Waals surface area contributed by atoms with Crippen molar-refractivity contribution < 1.29 is 13.2 Å². The van der Waals surface area contributed by atoms with Gasteiger partial charge in [0.05, 0.1) is 5.56 Å². The molecule has 3 heteroatoms. The molecule has 1 unspecified atom stereocenters. The summed E-state index contributed by atoms with van der Waals surface area (Å²) in [4.78, 5) is 0. The Labute approximate surface area is 120 Å². The molecule has 0 N–H and O–H groups in total. The van der Waals surface area contributed by atoms with Crippen molar-refractivity contribution in [1.82, 2.24) is 0 Å². The molecule has 1 atom stereocenters. The predicted molar refractivity (Wildman–Crippen MR) is 77.7 cm³/mol. The highest BCUT2D eigenvalue weighted by Crippen LogP contribution is 2.43. The molecule has 0 amide bonds. The van der Waals surface area contributed by atoms with Crippen LogP contribution in [0.2, 0.25) is 0 Å². The van der Waals surface area contributed by atoms with E-state index < -0.39 is 11.7 Å². The van der Waals surface area contributed by atoms with Gasteiger partial charge in [0.2, 0.25) is 0 Å². The molecule has 0 spiro atoms. The first-order valence-corrected chi connectivity index (χ1v) is 6.98. The first-order chi connectivity index (χ1) is 8.81. The van der Waals surface area contributed by atoms with E-state index in [0.29, 0.717) is 0 Å². The molecule has 20 heavy (non-hydrogen) atoms. The Hall–Kier alpha value is -0.990. The Morgan fingerprint density at radius 1 is 0.850 bits per heavy atom. The average Bonchev–Trinajstić information content (AvgIpc) is 2.22. The number of rotatable bonds is 2. The van der Waals surface area contributed by atoms with E-state index in [1.165, 1.54) is 12.1 Å². The SMILES string of the molecule is CC(C)(C)CC(c1ccc(C(F)(F)F)cc1)C(C)(C)C. The van der Waals surface area contributed by atoms with E-state index in [4.69, 9.17) is 0 Å². The second-order valence-electron chi connectivity index (χ2n) is 7.80. The smallest absolute Gasteiger partial charge is 0.166 e. The summed E-state index contributed by atoms with van der Waals surface area (Å²) in [5.74, 6) is 0.241. The predicted octanol–water partition coefficient (Wildman–Crippen LogP) is 6.27. The topological polar surface area (TPSA) is 0 Å². The lowest BCUT2D eigenvalue weighted by atomic mass is 9.69.